The number of nitrogens with one attached hydrogen (secondary N) is 1. The number of hydrogen-bond acceptors (Lipinski definition) is 2. The molecule has 5 heteroatoms. The van der Waals surface area contributed by atoms with Crippen LogP contribution in [0, 0.1) is 6.92 Å². The molecule has 0 aromatic heterocycles. The highest BCUT2D eigenvalue weighted by atomic mass is 79.9. The maximum Gasteiger partial charge on any atom is 0.165 e. The molecule has 1 N–H and O–H groups in total. The van der Waals surface area contributed by atoms with Gasteiger partial charge in [-0.05, 0) is 48.9 Å². The van der Waals surface area contributed by atoms with Crippen LogP contribution in [0.25, 0.3) is 0 Å². The molecule has 3 aromatic carbocycles. The number of ketones is 1. The molecule has 0 fully saturated rings. The fraction of sp³-hybridized carbons (Fsp3) is 0.136. The van der Waals surface area contributed by atoms with Crippen molar-refractivity contribution < 1.29 is 4.79 Å². The molecule has 138 valence electrons. The molecule has 0 amide bonds. The van der Waals surface area contributed by atoms with Crippen molar-refractivity contribution in [1.82, 2.24) is 0 Å². The summed E-state index contributed by atoms with van der Waals surface area (Å²) in [4.78, 5) is 12.8. The largest absolute Gasteiger partial charge is 0.378 e. The van der Waals surface area contributed by atoms with Crippen molar-refractivity contribution in [3.8, 4) is 0 Å². The topological polar surface area (TPSA) is 29.1 Å². The van der Waals surface area contributed by atoms with E-state index in [4.69, 9.17) is 23.2 Å². The Morgan fingerprint density at radius 3 is 2.26 bits per heavy atom. The van der Waals surface area contributed by atoms with Crippen LogP contribution in [-0.4, -0.2) is 5.78 Å². The molecule has 0 saturated carbocycles. The van der Waals surface area contributed by atoms with Crippen molar-refractivity contribution in [3.05, 3.63) is 97.9 Å². The van der Waals surface area contributed by atoms with E-state index in [1.807, 2.05) is 67.6 Å². The zero-order valence-corrected chi connectivity index (χ0v) is 17.8. The lowest BCUT2D eigenvalue weighted by Crippen LogP contribution is -2.16. The first-order chi connectivity index (χ1) is 12.9. The van der Waals surface area contributed by atoms with Gasteiger partial charge in [0, 0.05) is 22.1 Å². The SMILES string of the molecule is Cc1ccc(C(=O)CC(Nc2ccc(Br)cc2)c2ccc(Cl)c(Cl)c2)cc1. The summed E-state index contributed by atoms with van der Waals surface area (Å²) >= 11 is 15.7. The smallest absolute Gasteiger partial charge is 0.165 e. The third-order valence-electron chi connectivity index (χ3n) is 4.29. The third-order valence-corrected chi connectivity index (χ3v) is 5.56. The summed E-state index contributed by atoms with van der Waals surface area (Å²) in [7, 11) is 0. The van der Waals surface area contributed by atoms with E-state index in [2.05, 4.69) is 21.2 Å². The molecule has 0 aliphatic heterocycles. The zero-order chi connectivity index (χ0) is 19.4. The molecule has 0 radical (unpaired) electrons. The van der Waals surface area contributed by atoms with E-state index in [1.165, 1.54) is 0 Å². The average Bonchev–Trinajstić information content (AvgIpc) is 2.65. The van der Waals surface area contributed by atoms with E-state index in [0.29, 0.717) is 22.0 Å². The van der Waals surface area contributed by atoms with E-state index in [1.54, 1.807) is 6.07 Å². The average molecular weight is 463 g/mol. The summed E-state index contributed by atoms with van der Waals surface area (Å²) in [6.07, 6.45) is 0.303. The standard InChI is InChI=1S/C22H18BrCl2NO/c1-14-2-4-15(5-3-14)22(27)13-21(16-6-11-19(24)20(25)12-16)26-18-9-7-17(23)8-10-18/h2-12,21,26H,13H2,1H3. The predicted molar refractivity (Wildman–Crippen MR) is 117 cm³/mol. The normalized spacial score (nSPS) is 11.9. The van der Waals surface area contributed by atoms with Crippen molar-refractivity contribution in [2.24, 2.45) is 0 Å². The summed E-state index contributed by atoms with van der Waals surface area (Å²) in [5, 5.41) is 4.40. The first kappa shape index (κ1) is 19.9. The summed E-state index contributed by atoms with van der Waals surface area (Å²) in [5.74, 6) is 0.0654. The van der Waals surface area contributed by atoms with E-state index >= 15 is 0 Å². The second-order valence-electron chi connectivity index (χ2n) is 6.37. The van der Waals surface area contributed by atoms with Crippen molar-refractivity contribution in [3.63, 3.8) is 0 Å². The lowest BCUT2D eigenvalue weighted by atomic mass is 9.97. The molecule has 0 spiro atoms. The van der Waals surface area contributed by atoms with Crippen LogP contribution in [0.3, 0.4) is 0 Å². The second-order valence-corrected chi connectivity index (χ2v) is 8.10. The number of carbonyl (C=O) groups is 1. The fourth-order valence-electron chi connectivity index (χ4n) is 2.77. The summed E-state index contributed by atoms with van der Waals surface area (Å²) in [5.41, 5.74) is 3.66. The van der Waals surface area contributed by atoms with Crippen LogP contribution in [0.15, 0.2) is 71.2 Å². The zero-order valence-electron chi connectivity index (χ0n) is 14.7. The molecule has 3 rings (SSSR count). The van der Waals surface area contributed by atoms with Gasteiger partial charge < -0.3 is 5.32 Å². The van der Waals surface area contributed by atoms with Gasteiger partial charge in [0.2, 0.25) is 0 Å². The van der Waals surface area contributed by atoms with Crippen molar-refractivity contribution in [1.29, 1.82) is 0 Å². The number of carbonyl (C=O) groups excluding carboxylic acids is 1. The Bertz CT molecular complexity index is 940. The van der Waals surface area contributed by atoms with E-state index in [0.717, 1.165) is 21.3 Å². The number of hydrogen-bond donors (Lipinski definition) is 1. The Morgan fingerprint density at radius 2 is 1.63 bits per heavy atom. The molecule has 0 saturated heterocycles. The van der Waals surface area contributed by atoms with Crippen LogP contribution >= 0.6 is 39.1 Å². The predicted octanol–water partition coefficient (Wildman–Crippen LogP) is 7.49. The lowest BCUT2D eigenvalue weighted by Gasteiger charge is -2.21. The first-order valence-electron chi connectivity index (χ1n) is 8.49. The quantitative estimate of drug-likeness (QED) is 0.384. The molecule has 2 nitrogen and oxygen atoms in total. The van der Waals surface area contributed by atoms with Gasteiger partial charge in [0.15, 0.2) is 5.78 Å². The van der Waals surface area contributed by atoms with Crippen molar-refractivity contribution in [2.45, 2.75) is 19.4 Å². The Kier molecular flexibility index (Phi) is 6.59. The first-order valence-corrected chi connectivity index (χ1v) is 10.0. The molecule has 0 aliphatic rings. The van der Waals surface area contributed by atoms with E-state index in [9.17, 15) is 4.79 Å². The van der Waals surface area contributed by atoms with Crippen LogP contribution in [-0.2, 0) is 0 Å². The maximum absolute atomic E-state index is 12.8. The molecule has 0 heterocycles. The molecular formula is C22H18BrCl2NO. The van der Waals surface area contributed by atoms with Gasteiger partial charge in [-0.25, -0.2) is 0 Å². The number of anilines is 1. The highest BCUT2D eigenvalue weighted by Gasteiger charge is 2.18. The molecule has 3 aromatic rings. The molecule has 1 unspecified atom stereocenters. The Labute approximate surface area is 177 Å². The Morgan fingerprint density at radius 1 is 0.963 bits per heavy atom. The molecule has 1 atom stereocenters. The third kappa shape index (κ3) is 5.35. The molecular weight excluding hydrogens is 445 g/mol. The highest BCUT2D eigenvalue weighted by Crippen LogP contribution is 2.30. The summed E-state index contributed by atoms with van der Waals surface area (Å²) in [6.45, 7) is 2.00. The van der Waals surface area contributed by atoms with Crippen LogP contribution in [0.1, 0.15) is 33.9 Å². The summed E-state index contributed by atoms with van der Waals surface area (Å²) in [6, 6.07) is 20.7. The van der Waals surface area contributed by atoms with Gasteiger partial charge in [0.25, 0.3) is 0 Å². The lowest BCUT2D eigenvalue weighted by molar-refractivity contribution is 0.0976. The van der Waals surface area contributed by atoms with E-state index in [-0.39, 0.29) is 11.8 Å². The number of benzene rings is 3. The summed E-state index contributed by atoms with van der Waals surface area (Å²) < 4.78 is 0.995. The van der Waals surface area contributed by atoms with Crippen molar-refractivity contribution in [2.75, 3.05) is 5.32 Å². The van der Waals surface area contributed by atoms with Gasteiger partial charge in [0.1, 0.15) is 0 Å². The molecule has 0 bridgehead atoms. The van der Waals surface area contributed by atoms with Crippen LogP contribution in [0.4, 0.5) is 5.69 Å². The van der Waals surface area contributed by atoms with Gasteiger partial charge in [-0.1, -0.05) is 75.0 Å². The molecule has 27 heavy (non-hydrogen) atoms. The van der Waals surface area contributed by atoms with Crippen LogP contribution in [0.2, 0.25) is 10.0 Å². The fourth-order valence-corrected chi connectivity index (χ4v) is 3.34. The molecule has 0 aliphatic carbocycles. The number of rotatable bonds is 6. The van der Waals surface area contributed by atoms with E-state index < -0.39 is 0 Å². The minimum Gasteiger partial charge on any atom is -0.378 e. The second kappa shape index (κ2) is 8.92. The maximum atomic E-state index is 12.8. The highest BCUT2D eigenvalue weighted by molar-refractivity contribution is 9.10. The minimum absolute atomic E-state index is 0.0654. The van der Waals surface area contributed by atoms with Gasteiger partial charge >= 0.3 is 0 Å². The number of aryl methyl sites for hydroxylation is 1. The monoisotopic (exact) mass is 461 g/mol. The van der Waals surface area contributed by atoms with Gasteiger partial charge in [-0.3, -0.25) is 4.79 Å². The van der Waals surface area contributed by atoms with Gasteiger partial charge in [-0.2, -0.15) is 0 Å². The number of Topliss-reactive ketones (excluding diaryl/α,β-unsaturated/α-hetero) is 1. The van der Waals surface area contributed by atoms with Crippen molar-refractivity contribution >= 4 is 50.6 Å². The Hall–Kier alpha value is -1.81. The van der Waals surface area contributed by atoms with Crippen LogP contribution < -0.4 is 5.32 Å². The Balaban J connectivity index is 1.88. The minimum atomic E-state index is -0.227. The van der Waals surface area contributed by atoms with Gasteiger partial charge in [0.05, 0.1) is 16.1 Å². The van der Waals surface area contributed by atoms with Gasteiger partial charge in [-0.15, -0.1) is 0 Å². The van der Waals surface area contributed by atoms with Crippen LogP contribution in [0.5, 0.6) is 0 Å². The number of halogens is 3.